The van der Waals surface area contributed by atoms with Crippen molar-refractivity contribution in [1.82, 2.24) is 19.8 Å². The Kier molecular flexibility index (Phi) is 8.16. The number of hydrogen-bond donors (Lipinski definition) is 2. The van der Waals surface area contributed by atoms with Crippen LogP contribution in [0.1, 0.15) is 41.8 Å². The molecule has 168 valence electrons. The Hall–Kier alpha value is -3.45. The summed E-state index contributed by atoms with van der Waals surface area (Å²) in [4.78, 5) is 31.2. The molecule has 2 amide bonds. The molecular weight excluding hydrogens is 402 g/mol. The summed E-state index contributed by atoms with van der Waals surface area (Å²) in [6.07, 6.45) is 5.50. The maximum atomic E-state index is 12.7. The molecular formula is C25H31N5O2. The van der Waals surface area contributed by atoms with Crippen LogP contribution in [0.15, 0.2) is 67.3 Å². The number of aryl methyl sites for hydroxylation is 1. The van der Waals surface area contributed by atoms with Crippen LogP contribution in [0.4, 0.5) is 5.69 Å². The van der Waals surface area contributed by atoms with E-state index in [9.17, 15) is 9.59 Å². The number of carbonyl (C=O) groups is 2. The Morgan fingerprint density at radius 3 is 2.59 bits per heavy atom. The van der Waals surface area contributed by atoms with Crippen molar-refractivity contribution in [3.05, 3.63) is 83.9 Å². The molecule has 0 atom stereocenters. The molecule has 2 N–H and O–H groups in total. The van der Waals surface area contributed by atoms with E-state index in [0.29, 0.717) is 36.8 Å². The quantitative estimate of drug-likeness (QED) is 0.511. The van der Waals surface area contributed by atoms with Crippen LogP contribution in [0.5, 0.6) is 0 Å². The number of aromatic nitrogens is 2. The van der Waals surface area contributed by atoms with Gasteiger partial charge in [0.15, 0.2) is 0 Å². The second-order valence-electron chi connectivity index (χ2n) is 8.14. The second kappa shape index (κ2) is 11.2. The van der Waals surface area contributed by atoms with E-state index in [1.807, 2.05) is 29.0 Å². The van der Waals surface area contributed by atoms with Gasteiger partial charge in [-0.1, -0.05) is 30.3 Å². The van der Waals surface area contributed by atoms with E-state index < -0.39 is 0 Å². The number of carbonyl (C=O) groups excluding carboxylic acids is 2. The molecule has 7 heteroatoms. The summed E-state index contributed by atoms with van der Waals surface area (Å²) < 4.78 is 1.85. The van der Waals surface area contributed by atoms with Gasteiger partial charge in [-0.05, 0) is 50.2 Å². The first-order chi connectivity index (χ1) is 15.4. The van der Waals surface area contributed by atoms with Crippen molar-refractivity contribution in [3.63, 3.8) is 0 Å². The van der Waals surface area contributed by atoms with E-state index in [2.05, 4.69) is 47.5 Å². The largest absolute Gasteiger partial charge is 0.348 e. The Morgan fingerprint density at radius 2 is 1.88 bits per heavy atom. The molecule has 0 aliphatic heterocycles. The molecule has 7 nitrogen and oxygen atoms in total. The SMILES string of the molecule is CC(C)N(C)Cc1ccccc1CNC(=O)c1cccc(NC(=O)CCn2ccnc2)c1. The molecule has 1 heterocycles. The van der Waals surface area contributed by atoms with Gasteiger partial charge in [-0.2, -0.15) is 0 Å². The highest BCUT2D eigenvalue weighted by atomic mass is 16.2. The van der Waals surface area contributed by atoms with Crippen LogP contribution >= 0.6 is 0 Å². The summed E-state index contributed by atoms with van der Waals surface area (Å²) in [7, 11) is 2.09. The van der Waals surface area contributed by atoms with Crippen LogP contribution in [0.3, 0.4) is 0 Å². The third kappa shape index (κ3) is 6.78. The minimum Gasteiger partial charge on any atom is -0.348 e. The Labute approximate surface area is 189 Å². The molecule has 2 aromatic carbocycles. The fourth-order valence-electron chi connectivity index (χ4n) is 3.22. The lowest BCUT2D eigenvalue weighted by Gasteiger charge is -2.22. The van der Waals surface area contributed by atoms with Gasteiger partial charge in [0.25, 0.3) is 5.91 Å². The van der Waals surface area contributed by atoms with E-state index in [-0.39, 0.29) is 11.8 Å². The van der Waals surface area contributed by atoms with Crippen LogP contribution < -0.4 is 10.6 Å². The monoisotopic (exact) mass is 433 g/mol. The molecule has 0 unspecified atom stereocenters. The Bertz CT molecular complexity index is 1030. The van der Waals surface area contributed by atoms with Crippen LogP contribution in [-0.2, 0) is 24.4 Å². The topological polar surface area (TPSA) is 79.3 Å². The molecule has 0 fully saturated rings. The molecule has 3 rings (SSSR count). The van der Waals surface area contributed by atoms with E-state index >= 15 is 0 Å². The average Bonchev–Trinajstić information content (AvgIpc) is 3.31. The number of anilines is 1. The van der Waals surface area contributed by atoms with Crippen molar-refractivity contribution < 1.29 is 9.59 Å². The van der Waals surface area contributed by atoms with Crippen molar-refractivity contribution in [3.8, 4) is 0 Å². The maximum Gasteiger partial charge on any atom is 0.251 e. The molecule has 0 bridgehead atoms. The molecule has 3 aromatic rings. The lowest BCUT2D eigenvalue weighted by molar-refractivity contribution is -0.116. The van der Waals surface area contributed by atoms with E-state index in [0.717, 1.165) is 12.1 Å². The molecule has 0 saturated carbocycles. The number of nitrogens with zero attached hydrogens (tertiary/aromatic N) is 3. The summed E-state index contributed by atoms with van der Waals surface area (Å²) in [6, 6.07) is 15.6. The molecule has 1 aromatic heterocycles. The molecule has 32 heavy (non-hydrogen) atoms. The van der Waals surface area contributed by atoms with Crippen LogP contribution in [0.25, 0.3) is 0 Å². The predicted octanol–water partition coefficient (Wildman–Crippen LogP) is 3.68. The van der Waals surface area contributed by atoms with Gasteiger partial charge < -0.3 is 15.2 Å². The normalized spacial score (nSPS) is 11.0. The predicted molar refractivity (Wildman–Crippen MR) is 126 cm³/mol. The lowest BCUT2D eigenvalue weighted by Crippen LogP contribution is -2.27. The van der Waals surface area contributed by atoms with E-state index in [4.69, 9.17) is 0 Å². The van der Waals surface area contributed by atoms with Gasteiger partial charge in [-0.3, -0.25) is 14.5 Å². The summed E-state index contributed by atoms with van der Waals surface area (Å²) in [5, 5.41) is 5.86. The Morgan fingerprint density at radius 1 is 1.09 bits per heavy atom. The van der Waals surface area contributed by atoms with Crippen molar-refractivity contribution in [1.29, 1.82) is 0 Å². The number of amides is 2. The maximum absolute atomic E-state index is 12.7. The van der Waals surface area contributed by atoms with Crippen LogP contribution in [-0.4, -0.2) is 39.4 Å². The summed E-state index contributed by atoms with van der Waals surface area (Å²) in [6.45, 7) is 6.14. The average molecular weight is 434 g/mol. The van der Waals surface area contributed by atoms with Gasteiger partial charge in [0, 0.05) is 55.7 Å². The zero-order chi connectivity index (χ0) is 22.9. The van der Waals surface area contributed by atoms with Gasteiger partial charge in [-0.15, -0.1) is 0 Å². The van der Waals surface area contributed by atoms with Crippen molar-refractivity contribution in [2.24, 2.45) is 0 Å². The number of nitrogens with one attached hydrogen (secondary N) is 2. The number of imidazole rings is 1. The molecule has 0 aliphatic carbocycles. The minimum absolute atomic E-state index is 0.112. The van der Waals surface area contributed by atoms with Gasteiger partial charge in [-0.25, -0.2) is 4.98 Å². The number of rotatable bonds is 10. The molecule has 0 aliphatic rings. The van der Waals surface area contributed by atoms with Gasteiger partial charge in [0.05, 0.1) is 6.33 Å². The fourth-order valence-corrected chi connectivity index (χ4v) is 3.22. The first-order valence-electron chi connectivity index (χ1n) is 10.8. The highest BCUT2D eigenvalue weighted by Crippen LogP contribution is 2.14. The first-order valence-corrected chi connectivity index (χ1v) is 10.8. The minimum atomic E-state index is -0.175. The first kappa shape index (κ1) is 23.2. The van der Waals surface area contributed by atoms with Gasteiger partial charge >= 0.3 is 0 Å². The standard InChI is InChI=1S/C25H31N5O2/c1-19(2)29(3)17-22-8-5-4-7-21(22)16-27-25(32)20-9-6-10-23(15-20)28-24(31)11-13-30-14-12-26-18-30/h4-10,12,14-15,18-19H,11,13,16-17H2,1-3H3,(H,27,32)(H,28,31). The third-order valence-corrected chi connectivity index (χ3v) is 5.42. The van der Waals surface area contributed by atoms with Crippen molar-refractivity contribution in [2.75, 3.05) is 12.4 Å². The smallest absolute Gasteiger partial charge is 0.251 e. The zero-order valence-corrected chi connectivity index (χ0v) is 18.9. The Balaban J connectivity index is 1.56. The third-order valence-electron chi connectivity index (χ3n) is 5.42. The van der Waals surface area contributed by atoms with E-state index in [1.54, 1.807) is 36.8 Å². The highest BCUT2D eigenvalue weighted by molar-refractivity contribution is 5.97. The van der Waals surface area contributed by atoms with Crippen molar-refractivity contribution >= 4 is 17.5 Å². The molecule has 0 spiro atoms. The highest BCUT2D eigenvalue weighted by Gasteiger charge is 2.11. The van der Waals surface area contributed by atoms with E-state index in [1.165, 1.54) is 5.56 Å². The van der Waals surface area contributed by atoms with Gasteiger partial charge in [0.2, 0.25) is 5.91 Å². The van der Waals surface area contributed by atoms with Crippen LogP contribution in [0, 0.1) is 0 Å². The second-order valence-corrected chi connectivity index (χ2v) is 8.14. The molecule has 0 radical (unpaired) electrons. The lowest BCUT2D eigenvalue weighted by atomic mass is 10.1. The van der Waals surface area contributed by atoms with Crippen molar-refractivity contribution in [2.45, 2.75) is 45.9 Å². The summed E-state index contributed by atoms with van der Waals surface area (Å²) >= 11 is 0. The summed E-state index contributed by atoms with van der Waals surface area (Å²) in [5.74, 6) is -0.286. The van der Waals surface area contributed by atoms with Crippen LogP contribution in [0.2, 0.25) is 0 Å². The molecule has 0 saturated heterocycles. The fraction of sp³-hybridized carbons (Fsp3) is 0.320. The zero-order valence-electron chi connectivity index (χ0n) is 18.9. The number of benzene rings is 2. The summed E-state index contributed by atoms with van der Waals surface area (Å²) in [5.41, 5.74) is 3.40. The van der Waals surface area contributed by atoms with Gasteiger partial charge in [0.1, 0.15) is 0 Å². The number of hydrogen-bond acceptors (Lipinski definition) is 4.